The number of hydrogen-bond acceptors (Lipinski definition) is 4. The van der Waals surface area contributed by atoms with Gasteiger partial charge >= 0.3 is 5.97 Å². The van der Waals surface area contributed by atoms with E-state index < -0.39 is 0 Å². The van der Waals surface area contributed by atoms with Gasteiger partial charge in [0, 0.05) is 25.2 Å². The van der Waals surface area contributed by atoms with Crippen molar-refractivity contribution in [1.29, 1.82) is 0 Å². The summed E-state index contributed by atoms with van der Waals surface area (Å²) in [4.78, 5) is 11.7. The molecule has 1 saturated carbocycles. The van der Waals surface area contributed by atoms with Gasteiger partial charge in [0.25, 0.3) is 0 Å². The summed E-state index contributed by atoms with van der Waals surface area (Å²) < 4.78 is 10.2. The van der Waals surface area contributed by atoms with Gasteiger partial charge in [-0.25, -0.2) is 4.79 Å². The number of H-pyrrole nitrogens is 1. The molecule has 0 aliphatic heterocycles. The lowest BCUT2D eigenvalue weighted by molar-refractivity contribution is 0.0518. The topological polar surface area (TPSA) is 64.2 Å². The van der Waals surface area contributed by atoms with Crippen LogP contribution in [0.3, 0.4) is 0 Å². The molecule has 3 atom stereocenters. The Morgan fingerprint density at radius 2 is 2.41 bits per heavy atom. The first-order valence-electron chi connectivity index (χ1n) is 6.01. The van der Waals surface area contributed by atoms with Crippen LogP contribution in [-0.2, 0) is 15.9 Å². The summed E-state index contributed by atoms with van der Waals surface area (Å²) in [6.45, 7) is 2.99. The smallest absolute Gasteiger partial charge is 0.356 e. The lowest BCUT2D eigenvalue weighted by Crippen LogP contribution is -2.09. The third kappa shape index (κ3) is 1.49. The minimum atomic E-state index is -0.286. The summed E-state index contributed by atoms with van der Waals surface area (Å²) in [5.41, 5.74) is 2.66. The quantitative estimate of drug-likeness (QED) is 0.796. The van der Waals surface area contributed by atoms with Gasteiger partial charge in [0.1, 0.15) is 5.69 Å². The van der Waals surface area contributed by atoms with Gasteiger partial charge in [0.05, 0.1) is 12.3 Å². The van der Waals surface area contributed by atoms with Crippen LogP contribution in [0.25, 0.3) is 0 Å². The first kappa shape index (κ1) is 10.8. The lowest BCUT2D eigenvalue weighted by atomic mass is 10.1. The van der Waals surface area contributed by atoms with Gasteiger partial charge in [-0.1, -0.05) is 0 Å². The molecule has 1 aromatic rings. The van der Waals surface area contributed by atoms with Gasteiger partial charge in [0.2, 0.25) is 0 Å². The SMILES string of the molecule is CCOC(=O)c1[nH]nc2c1CC1C(COC)C21. The van der Waals surface area contributed by atoms with Crippen LogP contribution in [0.1, 0.15) is 34.6 Å². The first-order chi connectivity index (χ1) is 8.27. The number of rotatable bonds is 4. The second-order valence-electron chi connectivity index (χ2n) is 4.70. The second kappa shape index (κ2) is 3.84. The minimum Gasteiger partial charge on any atom is -0.461 e. The molecular formula is C12H16N2O3. The predicted octanol–water partition coefficient (Wildman–Crippen LogP) is 1.12. The number of carbonyl (C=O) groups is 1. The van der Waals surface area contributed by atoms with Crippen LogP contribution in [0.2, 0.25) is 0 Å². The molecule has 17 heavy (non-hydrogen) atoms. The van der Waals surface area contributed by atoms with Gasteiger partial charge < -0.3 is 9.47 Å². The Labute approximate surface area is 99.5 Å². The molecule has 2 aliphatic rings. The van der Waals surface area contributed by atoms with Crippen LogP contribution in [-0.4, -0.2) is 36.5 Å². The predicted molar refractivity (Wildman–Crippen MR) is 59.8 cm³/mol. The van der Waals surface area contributed by atoms with Crippen molar-refractivity contribution in [2.24, 2.45) is 11.8 Å². The van der Waals surface area contributed by atoms with Crippen LogP contribution in [0, 0.1) is 11.8 Å². The number of nitrogens with zero attached hydrogens (tertiary/aromatic N) is 1. The number of esters is 1. The number of ether oxygens (including phenoxy) is 2. The average Bonchev–Trinajstić information content (AvgIpc) is 2.70. The third-order valence-electron chi connectivity index (χ3n) is 3.82. The lowest BCUT2D eigenvalue weighted by Gasteiger charge is -2.03. The molecule has 0 amide bonds. The molecule has 5 nitrogen and oxygen atoms in total. The Morgan fingerprint density at radius 1 is 1.59 bits per heavy atom. The largest absolute Gasteiger partial charge is 0.461 e. The number of methoxy groups -OCH3 is 1. The van der Waals surface area contributed by atoms with E-state index in [-0.39, 0.29) is 5.97 Å². The second-order valence-corrected chi connectivity index (χ2v) is 4.70. The van der Waals surface area contributed by atoms with Crippen molar-refractivity contribution >= 4 is 5.97 Å². The molecule has 1 heterocycles. The minimum absolute atomic E-state index is 0.286. The fourth-order valence-electron chi connectivity index (χ4n) is 3.02. The molecule has 0 bridgehead atoms. The van der Waals surface area contributed by atoms with Crippen molar-refractivity contribution < 1.29 is 14.3 Å². The third-order valence-corrected chi connectivity index (χ3v) is 3.82. The molecule has 92 valence electrons. The van der Waals surface area contributed by atoms with Crippen LogP contribution in [0.5, 0.6) is 0 Å². The van der Waals surface area contributed by atoms with Crippen molar-refractivity contribution in [2.45, 2.75) is 19.3 Å². The van der Waals surface area contributed by atoms with E-state index in [9.17, 15) is 4.79 Å². The van der Waals surface area contributed by atoms with Gasteiger partial charge in [-0.2, -0.15) is 5.10 Å². The number of nitrogens with one attached hydrogen (secondary N) is 1. The summed E-state index contributed by atoms with van der Waals surface area (Å²) >= 11 is 0. The van der Waals surface area contributed by atoms with Crippen molar-refractivity contribution in [3.8, 4) is 0 Å². The summed E-state index contributed by atoms with van der Waals surface area (Å²) in [5, 5.41) is 7.09. The Hall–Kier alpha value is -1.36. The zero-order valence-corrected chi connectivity index (χ0v) is 10.0. The van der Waals surface area contributed by atoms with Crippen molar-refractivity contribution in [1.82, 2.24) is 10.2 Å². The van der Waals surface area contributed by atoms with Gasteiger partial charge in [-0.15, -0.1) is 0 Å². The Balaban J connectivity index is 1.79. The maximum atomic E-state index is 11.7. The highest BCUT2D eigenvalue weighted by Crippen LogP contribution is 2.61. The first-order valence-corrected chi connectivity index (χ1v) is 6.01. The molecule has 0 spiro atoms. The Kier molecular flexibility index (Phi) is 2.43. The van der Waals surface area contributed by atoms with E-state index in [1.54, 1.807) is 14.0 Å². The number of aromatic nitrogens is 2. The highest BCUT2D eigenvalue weighted by atomic mass is 16.5. The zero-order chi connectivity index (χ0) is 12.0. The fraction of sp³-hybridized carbons (Fsp3) is 0.667. The van der Waals surface area contributed by atoms with E-state index in [0.29, 0.717) is 30.1 Å². The average molecular weight is 236 g/mol. The summed E-state index contributed by atoms with van der Waals surface area (Å²) in [6, 6.07) is 0. The molecule has 0 radical (unpaired) electrons. The molecular weight excluding hydrogens is 220 g/mol. The molecule has 1 fully saturated rings. The molecule has 1 aromatic heterocycles. The molecule has 0 aromatic carbocycles. The van der Waals surface area contributed by atoms with Crippen molar-refractivity contribution in [3.05, 3.63) is 17.0 Å². The number of aromatic amines is 1. The summed E-state index contributed by atoms with van der Waals surface area (Å²) in [6.07, 6.45) is 0.929. The van der Waals surface area contributed by atoms with E-state index in [1.807, 2.05) is 0 Å². The molecule has 3 rings (SSSR count). The molecule has 2 aliphatic carbocycles. The fourth-order valence-corrected chi connectivity index (χ4v) is 3.02. The van der Waals surface area contributed by atoms with E-state index in [2.05, 4.69) is 10.2 Å². The zero-order valence-electron chi connectivity index (χ0n) is 10.0. The molecule has 3 unspecified atom stereocenters. The van der Waals surface area contributed by atoms with E-state index in [4.69, 9.17) is 9.47 Å². The van der Waals surface area contributed by atoms with Crippen LogP contribution in [0.4, 0.5) is 0 Å². The maximum absolute atomic E-state index is 11.7. The number of hydrogen-bond donors (Lipinski definition) is 1. The summed E-state index contributed by atoms with van der Waals surface area (Å²) in [5.74, 6) is 1.41. The number of carbonyl (C=O) groups excluding carboxylic acids is 1. The van der Waals surface area contributed by atoms with Gasteiger partial charge in [-0.05, 0) is 25.2 Å². The van der Waals surface area contributed by atoms with Crippen molar-refractivity contribution in [3.63, 3.8) is 0 Å². The van der Waals surface area contributed by atoms with Crippen LogP contribution < -0.4 is 0 Å². The summed E-state index contributed by atoms with van der Waals surface area (Å²) in [7, 11) is 1.73. The van der Waals surface area contributed by atoms with Crippen LogP contribution in [0.15, 0.2) is 0 Å². The highest BCUT2D eigenvalue weighted by molar-refractivity contribution is 5.89. The van der Waals surface area contributed by atoms with E-state index in [0.717, 1.165) is 24.3 Å². The normalized spacial score (nSPS) is 28.7. The highest BCUT2D eigenvalue weighted by Gasteiger charge is 2.58. The van der Waals surface area contributed by atoms with Gasteiger partial charge in [0.15, 0.2) is 0 Å². The van der Waals surface area contributed by atoms with Gasteiger partial charge in [-0.3, -0.25) is 5.10 Å². The molecule has 5 heteroatoms. The van der Waals surface area contributed by atoms with E-state index in [1.165, 1.54) is 0 Å². The van der Waals surface area contributed by atoms with Crippen molar-refractivity contribution in [2.75, 3.05) is 20.3 Å². The molecule has 1 N–H and O–H groups in total. The standard InChI is InChI=1S/C12H16N2O3/c1-3-17-12(15)11-7-4-6-8(5-16-2)9(6)10(7)13-14-11/h6,8-9H,3-5H2,1-2H3,(H,13,14). The van der Waals surface area contributed by atoms with Crippen LogP contribution >= 0.6 is 0 Å². The molecule has 0 saturated heterocycles. The Morgan fingerprint density at radius 3 is 3.12 bits per heavy atom. The Bertz CT molecular complexity index is 455. The maximum Gasteiger partial charge on any atom is 0.356 e. The monoisotopic (exact) mass is 236 g/mol. The number of fused-ring (bicyclic) bond motifs is 3. The van der Waals surface area contributed by atoms with E-state index >= 15 is 0 Å².